The lowest BCUT2D eigenvalue weighted by Gasteiger charge is -2.23. The highest BCUT2D eigenvalue weighted by Gasteiger charge is 2.41. The predicted molar refractivity (Wildman–Crippen MR) is 74.6 cm³/mol. The number of nitrogens with zero attached hydrogens (tertiary/aromatic N) is 2. The summed E-state index contributed by atoms with van der Waals surface area (Å²) in [5.74, 6) is -0.938. The first-order valence-electron chi connectivity index (χ1n) is 6.57. The molecule has 1 aliphatic rings. The van der Waals surface area contributed by atoms with Gasteiger partial charge in [-0.15, -0.1) is 4.40 Å². The summed E-state index contributed by atoms with van der Waals surface area (Å²) in [6, 6.07) is 0. The lowest BCUT2D eigenvalue weighted by Crippen LogP contribution is -2.30. The van der Waals surface area contributed by atoms with Gasteiger partial charge < -0.3 is 14.4 Å². The minimum Gasteiger partial charge on any atom is -0.476 e. The smallest absolute Gasteiger partial charge is 0.354 e. The van der Waals surface area contributed by atoms with Crippen molar-refractivity contribution >= 4 is 21.9 Å². The highest BCUT2D eigenvalue weighted by molar-refractivity contribution is 7.95. The Balaban J connectivity index is 3.42. The summed E-state index contributed by atoms with van der Waals surface area (Å²) in [7, 11) is -4.07. The van der Waals surface area contributed by atoms with Crippen LogP contribution in [-0.2, 0) is 24.3 Å². The molecule has 0 unspecified atom stereocenters. The van der Waals surface area contributed by atoms with Crippen molar-refractivity contribution in [3.05, 3.63) is 10.6 Å². The third-order valence-electron chi connectivity index (χ3n) is 2.70. The molecule has 0 saturated carbocycles. The maximum Gasteiger partial charge on any atom is 0.354 e. The first-order valence-corrected chi connectivity index (χ1v) is 8.01. The molecule has 0 radical (unpaired) electrons. The molecule has 7 nitrogen and oxygen atoms in total. The van der Waals surface area contributed by atoms with E-state index in [2.05, 4.69) is 4.40 Å². The van der Waals surface area contributed by atoms with Gasteiger partial charge in [-0.25, -0.2) is 4.79 Å². The summed E-state index contributed by atoms with van der Waals surface area (Å²) in [6.45, 7) is 8.44. The highest BCUT2D eigenvalue weighted by atomic mass is 32.2. The highest BCUT2D eigenvalue weighted by Crippen LogP contribution is 2.28. The molecule has 20 heavy (non-hydrogen) atoms. The van der Waals surface area contributed by atoms with Crippen LogP contribution in [0.5, 0.6) is 0 Å². The quantitative estimate of drug-likeness (QED) is 0.677. The van der Waals surface area contributed by atoms with Gasteiger partial charge in [0.05, 0.1) is 13.2 Å². The van der Waals surface area contributed by atoms with Crippen molar-refractivity contribution in [3.63, 3.8) is 0 Å². The largest absolute Gasteiger partial charge is 0.476 e. The van der Waals surface area contributed by atoms with E-state index in [0.29, 0.717) is 13.1 Å². The van der Waals surface area contributed by atoms with E-state index in [1.165, 1.54) is 0 Å². The monoisotopic (exact) mass is 304 g/mol. The third kappa shape index (κ3) is 3.12. The molecule has 0 fully saturated rings. The van der Waals surface area contributed by atoms with Crippen LogP contribution in [0.25, 0.3) is 0 Å². The van der Waals surface area contributed by atoms with Crippen molar-refractivity contribution in [2.75, 3.05) is 26.3 Å². The van der Waals surface area contributed by atoms with Crippen molar-refractivity contribution in [2.24, 2.45) is 4.40 Å². The van der Waals surface area contributed by atoms with Gasteiger partial charge in [0.2, 0.25) is 4.91 Å². The van der Waals surface area contributed by atoms with Crippen LogP contribution >= 0.6 is 0 Å². The van der Waals surface area contributed by atoms with Crippen molar-refractivity contribution in [1.82, 2.24) is 4.90 Å². The molecule has 0 aromatic heterocycles. The van der Waals surface area contributed by atoms with Gasteiger partial charge in [-0.1, -0.05) is 0 Å². The van der Waals surface area contributed by atoms with Crippen LogP contribution in [0.15, 0.2) is 15.0 Å². The summed E-state index contributed by atoms with van der Waals surface area (Å²) in [4.78, 5) is 13.2. The molecule has 0 saturated heterocycles. The summed E-state index contributed by atoms with van der Waals surface area (Å²) < 4.78 is 37.7. The third-order valence-corrected chi connectivity index (χ3v) is 3.98. The Labute approximate surface area is 119 Å². The van der Waals surface area contributed by atoms with Gasteiger partial charge >= 0.3 is 5.97 Å². The van der Waals surface area contributed by atoms with E-state index in [0.717, 1.165) is 0 Å². The zero-order valence-corrected chi connectivity index (χ0v) is 13.0. The molecule has 1 heterocycles. The van der Waals surface area contributed by atoms with Gasteiger partial charge in [0.15, 0.2) is 0 Å². The molecule has 0 N–H and O–H groups in total. The second-order valence-corrected chi connectivity index (χ2v) is 5.42. The number of ether oxygens (including phenoxy) is 2. The van der Waals surface area contributed by atoms with Gasteiger partial charge in [-0.05, 0) is 27.7 Å². The molecule has 1 rings (SSSR count). The van der Waals surface area contributed by atoms with Gasteiger partial charge in [0.1, 0.15) is 5.70 Å². The van der Waals surface area contributed by atoms with Crippen LogP contribution in [0.1, 0.15) is 27.7 Å². The number of carbonyl (C=O) groups excluding carboxylic acids is 1. The second-order valence-electron chi connectivity index (χ2n) is 3.88. The van der Waals surface area contributed by atoms with E-state index in [-0.39, 0.29) is 24.8 Å². The molecule has 0 aromatic rings. The Morgan fingerprint density at radius 3 is 2.20 bits per heavy atom. The minimum absolute atomic E-state index is 0.0424. The number of carbonyl (C=O) groups is 1. The van der Waals surface area contributed by atoms with Gasteiger partial charge in [0.25, 0.3) is 15.9 Å². The SMILES string of the molecule is CCOC(=O)C1=C(N(CC)CC)C(OCC)=NS1(=O)=O. The Morgan fingerprint density at radius 1 is 1.15 bits per heavy atom. The number of hydrogen-bond donors (Lipinski definition) is 0. The number of likely N-dealkylation sites (N-methyl/N-ethyl adjacent to an activating group) is 1. The van der Waals surface area contributed by atoms with E-state index in [1.807, 2.05) is 13.8 Å². The van der Waals surface area contributed by atoms with Crippen molar-refractivity contribution in [3.8, 4) is 0 Å². The Morgan fingerprint density at radius 2 is 1.75 bits per heavy atom. The fourth-order valence-electron chi connectivity index (χ4n) is 1.87. The maximum atomic E-state index is 12.1. The van der Waals surface area contributed by atoms with Crippen molar-refractivity contribution < 1.29 is 22.7 Å². The Hall–Kier alpha value is -1.57. The van der Waals surface area contributed by atoms with Crippen LogP contribution in [-0.4, -0.2) is 51.5 Å². The molecular formula is C12H20N2O5S. The molecule has 0 bridgehead atoms. The molecule has 1 aliphatic heterocycles. The normalized spacial score (nSPS) is 16.9. The minimum atomic E-state index is -4.07. The van der Waals surface area contributed by atoms with Crippen molar-refractivity contribution in [1.29, 1.82) is 0 Å². The summed E-state index contributed by atoms with van der Waals surface area (Å²) in [5.41, 5.74) is 0.190. The van der Waals surface area contributed by atoms with Crippen LogP contribution in [0.4, 0.5) is 0 Å². The number of rotatable bonds is 6. The first-order chi connectivity index (χ1) is 9.42. The van der Waals surface area contributed by atoms with Crippen LogP contribution < -0.4 is 0 Å². The van der Waals surface area contributed by atoms with E-state index < -0.39 is 20.9 Å². The number of hydrogen-bond acceptors (Lipinski definition) is 6. The summed E-state index contributed by atoms with van der Waals surface area (Å²) in [5, 5.41) is 0. The molecule has 0 aromatic carbocycles. The maximum absolute atomic E-state index is 12.1. The number of esters is 1. The number of sulfonamides is 1. The lowest BCUT2D eigenvalue weighted by molar-refractivity contribution is -0.137. The predicted octanol–water partition coefficient (Wildman–Crippen LogP) is 0.881. The van der Waals surface area contributed by atoms with E-state index in [9.17, 15) is 13.2 Å². The zero-order valence-electron chi connectivity index (χ0n) is 12.2. The fraction of sp³-hybridized carbons (Fsp3) is 0.667. The standard InChI is InChI=1S/C12H20N2O5S/c1-5-14(6-2)9-10(12(15)19-8-4)20(16,17)13-11(9)18-7-3/h5-8H2,1-4H3. The van der Waals surface area contributed by atoms with E-state index >= 15 is 0 Å². The van der Waals surface area contributed by atoms with Gasteiger partial charge in [0, 0.05) is 13.1 Å². The Bertz CT molecular complexity index is 532. The second kappa shape index (κ2) is 6.74. The molecule has 114 valence electrons. The molecular weight excluding hydrogens is 284 g/mol. The average Bonchev–Trinajstić information content (AvgIpc) is 2.63. The summed E-state index contributed by atoms with van der Waals surface area (Å²) in [6.07, 6.45) is 0. The van der Waals surface area contributed by atoms with Crippen LogP contribution in [0.3, 0.4) is 0 Å². The van der Waals surface area contributed by atoms with E-state index in [1.54, 1.807) is 18.7 Å². The molecule has 0 spiro atoms. The summed E-state index contributed by atoms with van der Waals surface area (Å²) >= 11 is 0. The first kappa shape index (κ1) is 16.5. The topological polar surface area (TPSA) is 85.3 Å². The molecule has 0 amide bonds. The Kier molecular flexibility index (Phi) is 5.55. The van der Waals surface area contributed by atoms with Crippen LogP contribution in [0.2, 0.25) is 0 Å². The van der Waals surface area contributed by atoms with Gasteiger partial charge in [-0.2, -0.15) is 8.42 Å². The molecule has 0 aliphatic carbocycles. The van der Waals surface area contributed by atoms with Crippen LogP contribution in [0, 0.1) is 0 Å². The lowest BCUT2D eigenvalue weighted by atomic mass is 10.3. The van der Waals surface area contributed by atoms with E-state index in [4.69, 9.17) is 9.47 Å². The molecule has 0 atom stereocenters. The zero-order chi connectivity index (χ0) is 15.3. The average molecular weight is 304 g/mol. The van der Waals surface area contributed by atoms with Gasteiger partial charge in [-0.3, -0.25) is 0 Å². The van der Waals surface area contributed by atoms with Crippen molar-refractivity contribution in [2.45, 2.75) is 27.7 Å². The molecule has 8 heteroatoms. The fourth-order valence-corrected chi connectivity index (χ4v) is 3.05.